The second-order valence-electron chi connectivity index (χ2n) is 4.97. The van der Waals surface area contributed by atoms with Gasteiger partial charge >= 0.3 is 0 Å². The van der Waals surface area contributed by atoms with E-state index in [1.807, 2.05) is 0 Å². The van der Waals surface area contributed by atoms with E-state index in [0.717, 1.165) is 5.92 Å². The lowest BCUT2D eigenvalue weighted by Crippen LogP contribution is -2.26. The first-order chi connectivity index (χ1) is 5.01. The molecule has 0 unspecified atom stereocenters. The van der Waals surface area contributed by atoms with Crippen molar-refractivity contribution in [3.05, 3.63) is 0 Å². The zero-order valence-corrected chi connectivity index (χ0v) is 7.85. The van der Waals surface area contributed by atoms with E-state index in [-0.39, 0.29) is 0 Å². The number of hydrogen-bond acceptors (Lipinski definition) is 0. The quantitative estimate of drug-likeness (QED) is 0.504. The van der Waals surface area contributed by atoms with Crippen LogP contribution in [0.3, 0.4) is 0 Å². The van der Waals surface area contributed by atoms with Crippen LogP contribution in [0.4, 0.5) is 0 Å². The van der Waals surface area contributed by atoms with Gasteiger partial charge in [0.15, 0.2) is 0 Å². The lowest BCUT2D eigenvalue weighted by Gasteiger charge is -2.36. The van der Waals surface area contributed by atoms with Gasteiger partial charge in [0.05, 0.1) is 0 Å². The molecule has 0 amide bonds. The Morgan fingerprint density at radius 1 is 1.36 bits per heavy atom. The molecule has 1 rings (SSSR count). The molecule has 0 heteroatoms. The van der Waals surface area contributed by atoms with Crippen molar-refractivity contribution >= 4 is 0 Å². The summed E-state index contributed by atoms with van der Waals surface area (Å²) in [6.45, 7) is 6.91. The van der Waals surface area contributed by atoms with Gasteiger partial charge in [0.25, 0.3) is 0 Å². The van der Waals surface area contributed by atoms with E-state index in [0.29, 0.717) is 11.3 Å². The van der Waals surface area contributed by atoms with Crippen molar-refractivity contribution < 1.29 is 0 Å². The Labute approximate surface area is 70.4 Å². The topological polar surface area (TPSA) is 0 Å². The molecule has 1 saturated carbocycles. The Balaban J connectivity index is 2.20. The van der Waals surface area contributed by atoms with Crippen molar-refractivity contribution in [2.24, 2.45) is 17.3 Å². The maximum atomic E-state index is 5.31. The summed E-state index contributed by atoms with van der Waals surface area (Å²) in [6, 6.07) is 0. The van der Waals surface area contributed by atoms with Crippen LogP contribution in [0.1, 0.15) is 40.0 Å². The van der Waals surface area contributed by atoms with Crippen molar-refractivity contribution in [3.8, 4) is 12.3 Å². The second kappa shape index (κ2) is 2.89. The highest BCUT2D eigenvalue weighted by molar-refractivity contribution is 5.00. The number of rotatable bonds is 1. The smallest absolute Gasteiger partial charge is 0.0205 e. The molecular formula is C11H18. The summed E-state index contributed by atoms with van der Waals surface area (Å²) >= 11 is 0. The fraction of sp³-hybridized carbons (Fsp3) is 0.818. The molecule has 0 spiro atoms. The van der Waals surface area contributed by atoms with Crippen LogP contribution >= 0.6 is 0 Å². The van der Waals surface area contributed by atoms with Crippen molar-refractivity contribution in [2.75, 3.05) is 0 Å². The molecule has 11 heavy (non-hydrogen) atoms. The monoisotopic (exact) mass is 150 g/mol. The van der Waals surface area contributed by atoms with E-state index in [4.69, 9.17) is 6.42 Å². The lowest BCUT2D eigenvalue weighted by molar-refractivity contribution is 0.170. The summed E-state index contributed by atoms with van der Waals surface area (Å²) in [6.07, 6.45) is 9.19. The average Bonchev–Trinajstić information content (AvgIpc) is 1.75. The molecule has 0 atom stereocenters. The molecule has 1 aliphatic rings. The fourth-order valence-electron chi connectivity index (χ4n) is 1.90. The molecule has 1 aliphatic carbocycles. The second-order valence-corrected chi connectivity index (χ2v) is 4.97. The third-order valence-electron chi connectivity index (χ3n) is 2.37. The summed E-state index contributed by atoms with van der Waals surface area (Å²) in [5, 5.41) is 0. The first kappa shape index (κ1) is 8.65. The molecule has 62 valence electrons. The highest BCUT2D eigenvalue weighted by Crippen LogP contribution is 2.40. The van der Waals surface area contributed by atoms with Crippen LogP contribution in [-0.4, -0.2) is 0 Å². The molecule has 0 bridgehead atoms. The van der Waals surface area contributed by atoms with Gasteiger partial charge in [-0.3, -0.25) is 0 Å². The molecule has 1 fully saturated rings. The molecule has 0 saturated heterocycles. The van der Waals surface area contributed by atoms with Crippen molar-refractivity contribution in [1.29, 1.82) is 0 Å². The minimum Gasteiger partial charge on any atom is -0.120 e. The van der Waals surface area contributed by atoms with Crippen molar-refractivity contribution in [1.82, 2.24) is 0 Å². The Hall–Kier alpha value is -0.440. The third kappa shape index (κ3) is 2.58. The summed E-state index contributed by atoms with van der Waals surface area (Å²) in [7, 11) is 0. The highest BCUT2D eigenvalue weighted by Gasteiger charge is 2.30. The maximum absolute atomic E-state index is 5.31. The van der Waals surface area contributed by atoms with Gasteiger partial charge in [0, 0.05) is 5.92 Å². The van der Waals surface area contributed by atoms with Crippen LogP contribution < -0.4 is 0 Å². The van der Waals surface area contributed by atoms with E-state index in [1.54, 1.807) is 0 Å². The normalized spacial score (nSPS) is 30.7. The molecular weight excluding hydrogens is 132 g/mol. The summed E-state index contributed by atoms with van der Waals surface area (Å²) in [5.74, 6) is 4.33. The first-order valence-electron chi connectivity index (χ1n) is 4.47. The Bertz CT molecular complexity index is 159. The number of terminal acetylenes is 1. The van der Waals surface area contributed by atoms with Gasteiger partial charge in [-0.1, -0.05) is 20.8 Å². The Kier molecular flexibility index (Phi) is 2.28. The zero-order valence-electron chi connectivity index (χ0n) is 7.85. The largest absolute Gasteiger partial charge is 0.120 e. The maximum Gasteiger partial charge on any atom is 0.0205 e. The van der Waals surface area contributed by atoms with E-state index >= 15 is 0 Å². The molecule has 0 aromatic rings. The molecule has 0 aliphatic heterocycles. The molecule has 0 radical (unpaired) electrons. The van der Waals surface area contributed by atoms with Crippen molar-refractivity contribution in [2.45, 2.75) is 40.0 Å². The Morgan fingerprint density at radius 3 is 2.27 bits per heavy atom. The van der Waals surface area contributed by atoms with Crippen LogP contribution in [-0.2, 0) is 0 Å². The first-order valence-corrected chi connectivity index (χ1v) is 4.47. The number of hydrogen-bond donors (Lipinski definition) is 0. The molecule has 0 nitrogen and oxygen atoms in total. The van der Waals surface area contributed by atoms with Gasteiger partial charge in [0.1, 0.15) is 0 Å². The fourth-order valence-corrected chi connectivity index (χ4v) is 1.90. The van der Waals surface area contributed by atoms with E-state index < -0.39 is 0 Å². The molecule has 0 N–H and O–H groups in total. The van der Waals surface area contributed by atoms with E-state index in [2.05, 4.69) is 26.7 Å². The minimum atomic E-state index is 0.490. The summed E-state index contributed by atoms with van der Waals surface area (Å²) < 4.78 is 0. The van der Waals surface area contributed by atoms with Gasteiger partial charge in [0.2, 0.25) is 0 Å². The van der Waals surface area contributed by atoms with Crippen molar-refractivity contribution in [3.63, 3.8) is 0 Å². The predicted molar refractivity (Wildman–Crippen MR) is 49.1 cm³/mol. The van der Waals surface area contributed by atoms with Crippen LogP contribution in [0.25, 0.3) is 0 Å². The van der Waals surface area contributed by atoms with Gasteiger partial charge in [-0.15, -0.1) is 12.3 Å². The van der Waals surface area contributed by atoms with E-state index in [1.165, 1.54) is 19.3 Å². The van der Waals surface area contributed by atoms with Crippen LogP contribution in [0.5, 0.6) is 0 Å². The van der Waals surface area contributed by atoms with Gasteiger partial charge < -0.3 is 0 Å². The van der Waals surface area contributed by atoms with Crippen LogP contribution in [0, 0.1) is 29.6 Å². The van der Waals surface area contributed by atoms with Crippen LogP contribution in [0.15, 0.2) is 0 Å². The summed E-state index contributed by atoms with van der Waals surface area (Å²) in [5.41, 5.74) is 0.490. The van der Waals surface area contributed by atoms with Crippen LogP contribution in [0.2, 0.25) is 0 Å². The van der Waals surface area contributed by atoms with Gasteiger partial charge in [-0.25, -0.2) is 0 Å². The third-order valence-corrected chi connectivity index (χ3v) is 2.37. The predicted octanol–water partition coefficient (Wildman–Crippen LogP) is 3.08. The minimum absolute atomic E-state index is 0.490. The lowest BCUT2D eigenvalue weighted by atomic mass is 9.69. The Morgan fingerprint density at radius 2 is 1.91 bits per heavy atom. The summed E-state index contributed by atoms with van der Waals surface area (Å²) in [4.78, 5) is 0. The highest BCUT2D eigenvalue weighted by atomic mass is 14.3. The van der Waals surface area contributed by atoms with Gasteiger partial charge in [-0.2, -0.15) is 0 Å². The SMILES string of the molecule is C#CC1CC(CC(C)(C)C)C1. The van der Waals surface area contributed by atoms with Gasteiger partial charge in [-0.05, 0) is 30.6 Å². The molecule has 0 aromatic heterocycles. The average molecular weight is 150 g/mol. The molecule has 0 aromatic carbocycles. The molecule has 0 heterocycles. The zero-order chi connectivity index (χ0) is 8.48. The van der Waals surface area contributed by atoms with E-state index in [9.17, 15) is 0 Å². The standard InChI is InChI=1S/C11H18/c1-5-9-6-10(7-9)8-11(2,3)4/h1,9-10H,6-8H2,2-4H3.